The highest BCUT2D eigenvalue weighted by atomic mass is 19.1. The molecule has 0 fully saturated rings. The number of amides is 1. The summed E-state index contributed by atoms with van der Waals surface area (Å²) in [4.78, 5) is 37.4. The van der Waals surface area contributed by atoms with Crippen molar-refractivity contribution < 1.29 is 23.8 Å². The van der Waals surface area contributed by atoms with Crippen molar-refractivity contribution in [1.29, 1.82) is 0 Å². The quantitative estimate of drug-likeness (QED) is 0.748. The first-order valence-electron chi connectivity index (χ1n) is 8.18. The number of methoxy groups -OCH3 is 1. The molecule has 0 radical (unpaired) electrons. The number of hydrogen-bond donors (Lipinski definition) is 1. The van der Waals surface area contributed by atoms with Gasteiger partial charge in [0.15, 0.2) is 17.7 Å². The SMILES string of the molecule is COCCN1CN(Cc2ccc(F)cc2)n2cc(C=O)c(=O)c(O)c2C1=O. The van der Waals surface area contributed by atoms with Gasteiger partial charge in [0.05, 0.1) is 18.7 Å². The van der Waals surface area contributed by atoms with Gasteiger partial charge in [0, 0.05) is 19.9 Å². The number of pyridine rings is 1. The molecule has 8 nitrogen and oxygen atoms in total. The van der Waals surface area contributed by atoms with Crippen LogP contribution in [-0.2, 0) is 11.3 Å². The monoisotopic (exact) mass is 375 g/mol. The first-order valence-corrected chi connectivity index (χ1v) is 8.18. The van der Waals surface area contributed by atoms with Gasteiger partial charge in [-0.1, -0.05) is 12.1 Å². The molecule has 142 valence electrons. The fourth-order valence-corrected chi connectivity index (χ4v) is 2.89. The lowest BCUT2D eigenvalue weighted by atomic mass is 10.2. The molecule has 1 aromatic heterocycles. The highest BCUT2D eigenvalue weighted by Gasteiger charge is 2.33. The zero-order chi connectivity index (χ0) is 19.6. The molecule has 2 heterocycles. The van der Waals surface area contributed by atoms with E-state index in [2.05, 4.69) is 0 Å². The zero-order valence-electron chi connectivity index (χ0n) is 14.6. The Morgan fingerprint density at radius 1 is 1.26 bits per heavy atom. The summed E-state index contributed by atoms with van der Waals surface area (Å²) in [7, 11) is 1.50. The van der Waals surface area contributed by atoms with Crippen LogP contribution in [0.25, 0.3) is 0 Å². The number of ether oxygens (including phenoxy) is 1. The molecule has 0 spiro atoms. The third kappa shape index (κ3) is 3.54. The van der Waals surface area contributed by atoms with Gasteiger partial charge in [-0.15, -0.1) is 0 Å². The highest BCUT2D eigenvalue weighted by molar-refractivity contribution is 5.96. The molecule has 0 bridgehead atoms. The van der Waals surface area contributed by atoms with E-state index in [0.717, 1.165) is 5.56 Å². The number of aromatic nitrogens is 1. The maximum Gasteiger partial charge on any atom is 0.277 e. The van der Waals surface area contributed by atoms with Crippen LogP contribution in [0.15, 0.2) is 35.3 Å². The minimum Gasteiger partial charge on any atom is -0.502 e. The Morgan fingerprint density at radius 3 is 2.59 bits per heavy atom. The molecule has 1 aliphatic rings. The molecule has 1 aliphatic heterocycles. The van der Waals surface area contributed by atoms with Gasteiger partial charge in [0.1, 0.15) is 12.5 Å². The van der Waals surface area contributed by atoms with Crippen molar-refractivity contribution in [2.24, 2.45) is 0 Å². The molecule has 1 amide bonds. The molecule has 0 aliphatic carbocycles. The number of hydrogen-bond acceptors (Lipinski definition) is 6. The minimum atomic E-state index is -0.903. The van der Waals surface area contributed by atoms with Gasteiger partial charge in [-0.2, -0.15) is 0 Å². The predicted octanol–water partition coefficient (Wildman–Crippen LogP) is 0.703. The van der Waals surface area contributed by atoms with Crippen molar-refractivity contribution >= 4 is 12.2 Å². The van der Waals surface area contributed by atoms with E-state index in [9.17, 15) is 23.9 Å². The van der Waals surface area contributed by atoms with Crippen molar-refractivity contribution in [1.82, 2.24) is 9.58 Å². The third-order valence-corrected chi connectivity index (χ3v) is 4.29. The van der Waals surface area contributed by atoms with Gasteiger partial charge in [-0.25, -0.2) is 4.39 Å². The Balaban J connectivity index is 2.07. The minimum absolute atomic E-state index is 0.132. The van der Waals surface area contributed by atoms with E-state index in [4.69, 9.17) is 4.74 Å². The fourth-order valence-electron chi connectivity index (χ4n) is 2.89. The number of aromatic hydroxyl groups is 1. The number of aldehydes is 1. The Morgan fingerprint density at radius 2 is 1.96 bits per heavy atom. The molecule has 2 aromatic rings. The summed E-state index contributed by atoms with van der Waals surface area (Å²) in [5, 5.41) is 11.9. The summed E-state index contributed by atoms with van der Waals surface area (Å²) < 4.78 is 19.5. The van der Waals surface area contributed by atoms with E-state index in [1.54, 1.807) is 17.1 Å². The average Bonchev–Trinajstić information content (AvgIpc) is 2.66. The molecule has 0 atom stereocenters. The second-order valence-electron chi connectivity index (χ2n) is 6.07. The Hall–Kier alpha value is -3.20. The van der Waals surface area contributed by atoms with E-state index in [-0.39, 0.29) is 43.4 Å². The molecule has 1 N–H and O–H groups in total. The van der Waals surface area contributed by atoms with Gasteiger partial charge in [0.2, 0.25) is 5.43 Å². The molecule has 0 unspecified atom stereocenters. The smallest absolute Gasteiger partial charge is 0.277 e. The van der Waals surface area contributed by atoms with Crippen LogP contribution in [0.4, 0.5) is 4.39 Å². The summed E-state index contributed by atoms with van der Waals surface area (Å²) in [6.45, 7) is 0.906. The highest BCUT2D eigenvalue weighted by Crippen LogP contribution is 2.22. The maximum absolute atomic E-state index is 13.2. The van der Waals surface area contributed by atoms with Gasteiger partial charge < -0.3 is 14.7 Å². The van der Waals surface area contributed by atoms with Gasteiger partial charge in [0.25, 0.3) is 5.91 Å². The largest absolute Gasteiger partial charge is 0.502 e. The van der Waals surface area contributed by atoms with Crippen molar-refractivity contribution in [3.05, 3.63) is 63.3 Å². The Bertz CT molecular complexity index is 926. The molecule has 27 heavy (non-hydrogen) atoms. The number of nitrogens with zero attached hydrogens (tertiary/aromatic N) is 3. The van der Waals surface area contributed by atoms with Crippen LogP contribution < -0.4 is 10.4 Å². The number of benzene rings is 1. The number of halogens is 1. The third-order valence-electron chi connectivity index (χ3n) is 4.29. The summed E-state index contributed by atoms with van der Waals surface area (Å²) in [5.74, 6) is -1.70. The fraction of sp³-hybridized carbons (Fsp3) is 0.278. The summed E-state index contributed by atoms with van der Waals surface area (Å²) in [6.07, 6.45) is 1.55. The summed E-state index contributed by atoms with van der Waals surface area (Å²) in [5.41, 5.74) is -0.650. The second kappa shape index (κ2) is 7.58. The lowest BCUT2D eigenvalue weighted by molar-refractivity contribution is 0.0620. The lowest BCUT2D eigenvalue weighted by Gasteiger charge is -2.39. The molecule has 0 saturated heterocycles. The molecule has 0 saturated carbocycles. The van der Waals surface area contributed by atoms with Gasteiger partial charge in [-0.05, 0) is 17.7 Å². The van der Waals surface area contributed by atoms with Crippen molar-refractivity contribution in [2.45, 2.75) is 6.54 Å². The van der Waals surface area contributed by atoms with E-state index in [1.165, 1.54) is 35.0 Å². The molecule has 3 rings (SSSR count). The van der Waals surface area contributed by atoms with E-state index < -0.39 is 17.1 Å². The second-order valence-corrected chi connectivity index (χ2v) is 6.07. The molecule has 9 heteroatoms. The van der Waals surface area contributed by atoms with Gasteiger partial charge >= 0.3 is 0 Å². The maximum atomic E-state index is 13.2. The molecular weight excluding hydrogens is 357 g/mol. The van der Waals surface area contributed by atoms with Crippen LogP contribution in [-0.4, -0.2) is 53.8 Å². The predicted molar refractivity (Wildman–Crippen MR) is 93.9 cm³/mol. The number of carbonyl (C=O) groups excluding carboxylic acids is 2. The number of carbonyl (C=O) groups is 2. The van der Waals surface area contributed by atoms with Crippen molar-refractivity contribution in [3.63, 3.8) is 0 Å². The first kappa shape index (κ1) is 18.6. The van der Waals surface area contributed by atoms with Crippen LogP contribution in [0, 0.1) is 5.82 Å². The average molecular weight is 375 g/mol. The summed E-state index contributed by atoms with van der Waals surface area (Å²) >= 11 is 0. The first-order chi connectivity index (χ1) is 13.0. The Kier molecular flexibility index (Phi) is 5.22. The number of fused-ring (bicyclic) bond motifs is 1. The molecule has 1 aromatic carbocycles. The molecular formula is C18H18FN3O5. The summed E-state index contributed by atoms with van der Waals surface area (Å²) in [6, 6.07) is 5.81. The van der Waals surface area contributed by atoms with Crippen LogP contribution in [0.1, 0.15) is 26.4 Å². The van der Waals surface area contributed by atoms with Crippen LogP contribution in [0.2, 0.25) is 0 Å². The lowest BCUT2D eigenvalue weighted by Crippen LogP contribution is -2.54. The number of rotatable bonds is 6. The van der Waals surface area contributed by atoms with Crippen LogP contribution in [0.3, 0.4) is 0 Å². The zero-order valence-corrected chi connectivity index (χ0v) is 14.6. The van der Waals surface area contributed by atoms with Crippen LogP contribution in [0.5, 0.6) is 5.75 Å². The topological polar surface area (TPSA) is 92.1 Å². The van der Waals surface area contributed by atoms with E-state index in [1.807, 2.05) is 0 Å². The van der Waals surface area contributed by atoms with Gasteiger partial charge in [-0.3, -0.25) is 24.1 Å². The Labute approximate surface area is 154 Å². The normalized spacial score (nSPS) is 13.6. The van der Waals surface area contributed by atoms with Crippen molar-refractivity contribution in [2.75, 3.05) is 31.9 Å². The van der Waals surface area contributed by atoms with Crippen LogP contribution >= 0.6 is 0 Å². The van der Waals surface area contributed by atoms with Crippen molar-refractivity contribution in [3.8, 4) is 5.75 Å². The van der Waals surface area contributed by atoms with E-state index >= 15 is 0 Å². The van der Waals surface area contributed by atoms with E-state index in [0.29, 0.717) is 6.29 Å². The standard InChI is InChI=1S/C18H18FN3O5/c1-27-7-6-20-11-21(8-12-2-4-14(19)5-3-12)22-9-13(10-23)16(24)17(25)15(22)18(20)26/h2-5,9-10,25H,6-8,11H2,1H3.